The highest BCUT2D eigenvalue weighted by molar-refractivity contribution is 5.48. The van der Waals surface area contributed by atoms with Crippen LogP contribution in [0.1, 0.15) is 28.3 Å². The third-order valence-electron chi connectivity index (χ3n) is 3.88. The number of hydrogen-bond acceptors (Lipinski definition) is 2. The smallest absolute Gasteiger partial charge is 0.127 e. The molecule has 1 atom stereocenters. The fraction of sp³-hybridized carbons (Fsp3) is 0.400. The summed E-state index contributed by atoms with van der Waals surface area (Å²) in [5, 5.41) is 8.11. The van der Waals surface area contributed by atoms with Gasteiger partial charge in [-0.05, 0) is 26.3 Å². The van der Waals surface area contributed by atoms with Crippen molar-refractivity contribution < 1.29 is 0 Å². The minimum absolute atomic E-state index is 0.511. The zero-order chi connectivity index (χ0) is 12.7. The molecule has 94 valence electrons. The van der Waals surface area contributed by atoms with E-state index in [2.05, 4.69) is 60.1 Å². The predicted molar refractivity (Wildman–Crippen MR) is 74.1 cm³/mol. The highest BCUT2D eigenvalue weighted by Crippen LogP contribution is 2.28. The van der Waals surface area contributed by atoms with Gasteiger partial charge < -0.3 is 5.32 Å². The molecule has 0 saturated carbocycles. The van der Waals surface area contributed by atoms with Crippen LogP contribution in [0.4, 0.5) is 5.82 Å². The number of benzene rings is 1. The fourth-order valence-electron chi connectivity index (χ4n) is 2.58. The first-order chi connectivity index (χ1) is 8.65. The molecule has 1 aromatic heterocycles. The molecule has 1 aliphatic heterocycles. The molecular formula is C15H19N3. The molecule has 18 heavy (non-hydrogen) atoms. The third kappa shape index (κ3) is 1.80. The number of nitrogens with one attached hydrogen (secondary N) is 1. The van der Waals surface area contributed by atoms with E-state index in [1.165, 1.54) is 22.5 Å². The molecule has 0 radical (unpaired) electrons. The Balaban J connectivity index is 1.88. The van der Waals surface area contributed by atoms with E-state index in [0.29, 0.717) is 5.92 Å². The maximum absolute atomic E-state index is 4.60. The zero-order valence-corrected chi connectivity index (χ0v) is 11.2. The molecule has 0 saturated heterocycles. The minimum atomic E-state index is 0.511. The van der Waals surface area contributed by atoms with Crippen LogP contribution in [0.5, 0.6) is 0 Å². The third-order valence-corrected chi connectivity index (χ3v) is 3.88. The number of fused-ring (bicyclic) bond motifs is 1. The van der Waals surface area contributed by atoms with Crippen LogP contribution in [0.15, 0.2) is 24.3 Å². The van der Waals surface area contributed by atoms with Crippen molar-refractivity contribution in [1.29, 1.82) is 0 Å². The van der Waals surface area contributed by atoms with Gasteiger partial charge in [0.25, 0.3) is 0 Å². The topological polar surface area (TPSA) is 29.9 Å². The normalized spacial score (nSPS) is 18.3. The quantitative estimate of drug-likeness (QED) is 0.831. The maximum atomic E-state index is 4.60. The monoisotopic (exact) mass is 241 g/mol. The molecule has 3 heteroatoms. The molecule has 1 N–H and O–H groups in total. The Labute approximate surface area is 108 Å². The van der Waals surface area contributed by atoms with E-state index in [4.69, 9.17) is 0 Å². The molecule has 3 nitrogen and oxygen atoms in total. The summed E-state index contributed by atoms with van der Waals surface area (Å²) in [5.74, 6) is 1.70. The van der Waals surface area contributed by atoms with Crippen molar-refractivity contribution in [1.82, 2.24) is 9.78 Å². The van der Waals surface area contributed by atoms with Crippen LogP contribution in [0.2, 0.25) is 0 Å². The van der Waals surface area contributed by atoms with Gasteiger partial charge in [0.1, 0.15) is 5.82 Å². The Morgan fingerprint density at radius 2 is 1.89 bits per heavy atom. The number of rotatable bonds is 1. The lowest BCUT2D eigenvalue weighted by molar-refractivity contribution is 0.503. The van der Waals surface area contributed by atoms with Crippen LogP contribution in [0, 0.1) is 20.8 Å². The van der Waals surface area contributed by atoms with Crippen LogP contribution < -0.4 is 5.32 Å². The van der Waals surface area contributed by atoms with Gasteiger partial charge in [0.15, 0.2) is 0 Å². The molecule has 2 aromatic rings. The summed E-state index contributed by atoms with van der Waals surface area (Å²) in [6, 6.07) is 8.83. The second kappa shape index (κ2) is 4.16. The first-order valence-electron chi connectivity index (χ1n) is 6.49. The van der Waals surface area contributed by atoms with Crippen LogP contribution in [-0.4, -0.2) is 16.3 Å². The highest BCUT2D eigenvalue weighted by atomic mass is 15.3. The van der Waals surface area contributed by atoms with E-state index >= 15 is 0 Å². The Hall–Kier alpha value is -1.77. The number of aromatic nitrogens is 2. The van der Waals surface area contributed by atoms with Crippen LogP contribution in [-0.2, 0) is 6.54 Å². The van der Waals surface area contributed by atoms with Crippen molar-refractivity contribution >= 4 is 5.82 Å². The number of nitrogens with zero attached hydrogens (tertiary/aromatic N) is 2. The van der Waals surface area contributed by atoms with Gasteiger partial charge in [0.05, 0.1) is 12.2 Å². The Morgan fingerprint density at radius 1 is 1.17 bits per heavy atom. The van der Waals surface area contributed by atoms with Gasteiger partial charge in [0.2, 0.25) is 0 Å². The van der Waals surface area contributed by atoms with Crippen molar-refractivity contribution in [3.63, 3.8) is 0 Å². The summed E-state index contributed by atoms with van der Waals surface area (Å²) in [5.41, 5.74) is 5.11. The van der Waals surface area contributed by atoms with Crippen LogP contribution in [0.3, 0.4) is 0 Å². The molecule has 0 aliphatic carbocycles. The summed E-state index contributed by atoms with van der Waals surface area (Å²) in [6.45, 7) is 8.30. The van der Waals surface area contributed by atoms with E-state index in [-0.39, 0.29) is 0 Å². The van der Waals surface area contributed by atoms with E-state index in [0.717, 1.165) is 18.8 Å². The Bertz CT molecular complexity index is 566. The number of anilines is 1. The zero-order valence-electron chi connectivity index (χ0n) is 11.2. The molecule has 0 bridgehead atoms. The summed E-state index contributed by atoms with van der Waals surface area (Å²) in [7, 11) is 0. The summed E-state index contributed by atoms with van der Waals surface area (Å²) >= 11 is 0. The second-order valence-corrected chi connectivity index (χ2v) is 5.23. The van der Waals surface area contributed by atoms with E-state index in [1.54, 1.807) is 0 Å². The SMILES string of the molecule is Cc1ccc(C2CNc3c(C)c(C)nn3C2)cc1. The fourth-order valence-corrected chi connectivity index (χ4v) is 2.58. The van der Waals surface area contributed by atoms with Crippen molar-refractivity contribution in [3.05, 3.63) is 46.6 Å². The predicted octanol–water partition coefficient (Wildman–Crippen LogP) is 3.02. The molecule has 1 aromatic carbocycles. The first kappa shape index (κ1) is 11.3. The van der Waals surface area contributed by atoms with Crippen molar-refractivity contribution in [2.45, 2.75) is 33.2 Å². The number of hydrogen-bond donors (Lipinski definition) is 1. The molecule has 1 unspecified atom stereocenters. The van der Waals surface area contributed by atoms with Crippen molar-refractivity contribution in [2.24, 2.45) is 0 Å². The largest absolute Gasteiger partial charge is 0.369 e. The molecule has 0 amide bonds. The average molecular weight is 241 g/mol. The minimum Gasteiger partial charge on any atom is -0.369 e. The van der Waals surface area contributed by atoms with Crippen LogP contribution in [0.25, 0.3) is 0 Å². The lowest BCUT2D eigenvalue weighted by Crippen LogP contribution is -2.26. The number of aryl methyl sites for hydroxylation is 2. The summed E-state index contributed by atoms with van der Waals surface area (Å²) in [6.07, 6.45) is 0. The lowest BCUT2D eigenvalue weighted by atomic mass is 9.97. The van der Waals surface area contributed by atoms with Crippen molar-refractivity contribution in [2.75, 3.05) is 11.9 Å². The Morgan fingerprint density at radius 3 is 2.61 bits per heavy atom. The lowest BCUT2D eigenvalue weighted by Gasteiger charge is -2.25. The highest BCUT2D eigenvalue weighted by Gasteiger charge is 2.22. The van der Waals surface area contributed by atoms with Gasteiger partial charge in [0, 0.05) is 18.0 Å². The summed E-state index contributed by atoms with van der Waals surface area (Å²) < 4.78 is 2.11. The van der Waals surface area contributed by atoms with Crippen LogP contribution >= 0.6 is 0 Å². The standard InChI is InChI=1S/C15H19N3/c1-10-4-6-13(7-5-10)14-8-16-15-11(2)12(3)17-18(15)9-14/h4-7,14,16H,8-9H2,1-3H3. The van der Waals surface area contributed by atoms with Gasteiger partial charge >= 0.3 is 0 Å². The van der Waals surface area contributed by atoms with Crippen molar-refractivity contribution in [3.8, 4) is 0 Å². The molecule has 0 fully saturated rings. The van der Waals surface area contributed by atoms with E-state index in [1.807, 2.05) is 0 Å². The van der Waals surface area contributed by atoms with Gasteiger partial charge in [-0.2, -0.15) is 5.10 Å². The first-order valence-corrected chi connectivity index (χ1v) is 6.49. The summed E-state index contributed by atoms with van der Waals surface area (Å²) in [4.78, 5) is 0. The average Bonchev–Trinajstić information content (AvgIpc) is 2.65. The van der Waals surface area contributed by atoms with Gasteiger partial charge in [-0.1, -0.05) is 29.8 Å². The molecular weight excluding hydrogens is 222 g/mol. The molecule has 0 spiro atoms. The maximum Gasteiger partial charge on any atom is 0.127 e. The Kier molecular flexibility index (Phi) is 2.62. The van der Waals surface area contributed by atoms with Gasteiger partial charge in [-0.25, -0.2) is 4.68 Å². The van der Waals surface area contributed by atoms with Gasteiger partial charge in [-0.15, -0.1) is 0 Å². The molecule has 1 aliphatic rings. The van der Waals surface area contributed by atoms with E-state index in [9.17, 15) is 0 Å². The van der Waals surface area contributed by atoms with Gasteiger partial charge in [-0.3, -0.25) is 0 Å². The van der Waals surface area contributed by atoms with E-state index < -0.39 is 0 Å². The second-order valence-electron chi connectivity index (χ2n) is 5.23. The molecule has 3 rings (SSSR count). The molecule has 2 heterocycles.